The minimum atomic E-state index is 0.0168. The Morgan fingerprint density at radius 3 is 2.69 bits per heavy atom. The maximum atomic E-state index is 12.9. The lowest BCUT2D eigenvalue weighted by molar-refractivity contribution is 0.0679. The molecule has 2 aliphatic rings. The summed E-state index contributed by atoms with van der Waals surface area (Å²) in [5.74, 6) is 3.25. The lowest BCUT2D eigenvalue weighted by Crippen LogP contribution is -2.40. The molecule has 0 saturated heterocycles. The van der Waals surface area contributed by atoms with Gasteiger partial charge in [0.15, 0.2) is 11.6 Å². The van der Waals surface area contributed by atoms with Crippen molar-refractivity contribution in [2.75, 3.05) is 6.54 Å². The van der Waals surface area contributed by atoms with Crippen LogP contribution in [0, 0.1) is 0 Å². The van der Waals surface area contributed by atoms with Crippen LogP contribution in [0.15, 0.2) is 30.6 Å². The topological polar surface area (TPSA) is 92.6 Å². The van der Waals surface area contributed by atoms with Crippen LogP contribution in [0.1, 0.15) is 53.7 Å². The number of aromatic amines is 1. The number of nitrogens with one attached hydrogen (secondary N) is 1. The molecule has 0 spiro atoms. The van der Waals surface area contributed by atoms with Crippen LogP contribution in [0.5, 0.6) is 0 Å². The van der Waals surface area contributed by atoms with E-state index in [0.29, 0.717) is 30.4 Å². The molecule has 0 radical (unpaired) electrons. The van der Waals surface area contributed by atoms with E-state index in [2.05, 4.69) is 36.9 Å². The van der Waals surface area contributed by atoms with Crippen LogP contribution < -0.4 is 0 Å². The molecule has 132 valence electrons. The van der Waals surface area contributed by atoms with Gasteiger partial charge in [0, 0.05) is 23.6 Å². The Kier molecular flexibility index (Phi) is 3.37. The number of amides is 1. The number of rotatable bonds is 3. The number of carbonyl (C=O) groups excluding carboxylic acids is 1. The summed E-state index contributed by atoms with van der Waals surface area (Å²) in [6.07, 6.45) is 3.87. The fourth-order valence-electron chi connectivity index (χ4n) is 3.63. The quantitative estimate of drug-likeness (QED) is 0.782. The Bertz CT molecular complexity index is 941. The third-order valence-electron chi connectivity index (χ3n) is 5.10. The highest BCUT2D eigenvalue weighted by Crippen LogP contribution is 2.41. The Morgan fingerprint density at radius 1 is 1.19 bits per heavy atom. The standard InChI is InChI=1S/C18H19N7O/c1-11-8-24(9-15-21-23-17(25(11)15)13-4-5-13)18(26)14-6-2-12(3-7-14)16-19-10-20-22-16/h2-3,6-7,10-11,13H,4-5,8-9H2,1H3,(H,19,20,22)/t11-/m0/s1. The van der Waals surface area contributed by atoms with Gasteiger partial charge in [-0.2, -0.15) is 5.10 Å². The molecular weight excluding hydrogens is 330 g/mol. The summed E-state index contributed by atoms with van der Waals surface area (Å²) in [5.41, 5.74) is 1.57. The minimum absolute atomic E-state index is 0.0168. The smallest absolute Gasteiger partial charge is 0.254 e. The summed E-state index contributed by atoms with van der Waals surface area (Å²) in [4.78, 5) is 18.9. The van der Waals surface area contributed by atoms with Crippen LogP contribution in [0.3, 0.4) is 0 Å². The van der Waals surface area contributed by atoms with Crippen LogP contribution in [0.2, 0.25) is 0 Å². The molecule has 2 aromatic heterocycles. The Hall–Kier alpha value is -3.03. The average Bonchev–Trinajstić information content (AvgIpc) is 3.19. The summed E-state index contributed by atoms with van der Waals surface area (Å²) < 4.78 is 2.23. The van der Waals surface area contributed by atoms with E-state index in [-0.39, 0.29) is 11.9 Å². The first-order valence-corrected chi connectivity index (χ1v) is 8.89. The summed E-state index contributed by atoms with van der Waals surface area (Å²) in [6, 6.07) is 7.63. The number of aromatic nitrogens is 6. The zero-order valence-electron chi connectivity index (χ0n) is 14.5. The molecule has 3 aromatic rings. The van der Waals surface area contributed by atoms with Crippen LogP contribution in [-0.2, 0) is 6.54 Å². The second-order valence-electron chi connectivity index (χ2n) is 7.06. The molecule has 1 atom stereocenters. The number of benzene rings is 1. The van der Waals surface area contributed by atoms with Gasteiger partial charge in [0.05, 0.1) is 12.6 Å². The largest absolute Gasteiger partial charge is 0.329 e. The van der Waals surface area contributed by atoms with E-state index in [4.69, 9.17) is 0 Å². The first-order chi connectivity index (χ1) is 12.7. The number of hydrogen-bond acceptors (Lipinski definition) is 5. The van der Waals surface area contributed by atoms with Gasteiger partial charge in [0.25, 0.3) is 5.91 Å². The van der Waals surface area contributed by atoms with E-state index in [9.17, 15) is 4.79 Å². The molecule has 0 unspecified atom stereocenters. The van der Waals surface area contributed by atoms with Gasteiger partial charge in [-0.3, -0.25) is 9.89 Å². The molecule has 1 aliphatic heterocycles. The zero-order chi connectivity index (χ0) is 17.7. The summed E-state index contributed by atoms with van der Waals surface area (Å²) in [5, 5.41) is 15.4. The minimum Gasteiger partial charge on any atom is -0.329 e. The van der Waals surface area contributed by atoms with Gasteiger partial charge in [-0.25, -0.2) is 4.98 Å². The first-order valence-electron chi connectivity index (χ1n) is 8.89. The molecule has 1 amide bonds. The van der Waals surface area contributed by atoms with Gasteiger partial charge in [0.2, 0.25) is 0 Å². The van der Waals surface area contributed by atoms with E-state index in [1.54, 1.807) is 0 Å². The SMILES string of the molecule is C[C@H]1CN(C(=O)c2ccc(-c3ncn[nH]3)cc2)Cc2nnc(C3CC3)n21. The number of fused-ring (bicyclic) bond motifs is 1. The monoisotopic (exact) mass is 349 g/mol. The van der Waals surface area contributed by atoms with Crippen LogP contribution >= 0.6 is 0 Å². The fraction of sp³-hybridized carbons (Fsp3) is 0.389. The third kappa shape index (κ3) is 2.49. The number of carbonyl (C=O) groups is 1. The molecule has 1 aliphatic carbocycles. The predicted octanol–water partition coefficient (Wildman–Crippen LogP) is 2.16. The Morgan fingerprint density at radius 2 is 2.00 bits per heavy atom. The summed E-state index contributed by atoms with van der Waals surface area (Å²) in [7, 11) is 0. The van der Waals surface area contributed by atoms with Crippen molar-refractivity contribution < 1.29 is 4.79 Å². The highest BCUT2D eigenvalue weighted by molar-refractivity contribution is 5.94. The van der Waals surface area contributed by atoms with Gasteiger partial charge < -0.3 is 9.47 Å². The number of hydrogen-bond donors (Lipinski definition) is 1. The maximum absolute atomic E-state index is 12.9. The van der Waals surface area contributed by atoms with Crippen molar-refractivity contribution >= 4 is 5.91 Å². The normalized spacial score (nSPS) is 19.4. The van der Waals surface area contributed by atoms with Gasteiger partial charge in [-0.15, -0.1) is 10.2 Å². The molecule has 1 fully saturated rings. The summed E-state index contributed by atoms with van der Waals surface area (Å²) >= 11 is 0. The number of nitrogens with zero attached hydrogens (tertiary/aromatic N) is 6. The van der Waals surface area contributed by atoms with Crippen LogP contribution in [-0.4, -0.2) is 47.3 Å². The van der Waals surface area contributed by atoms with Crippen molar-refractivity contribution in [2.24, 2.45) is 0 Å². The molecule has 1 aromatic carbocycles. The highest BCUT2D eigenvalue weighted by atomic mass is 16.2. The molecule has 1 saturated carbocycles. The van der Waals surface area contributed by atoms with Crippen molar-refractivity contribution in [3.8, 4) is 11.4 Å². The maximum Gasteiger partial charge on any atom is 0.254 e. The molecule has 26 heavy (non-hydrogen) atoms. The van der Waals surface area contributed by atoms with Gasteiger partial charge in [0.1, 0.15) is 12.2 Å². The van der Waals surface area contributed by atoms with E-state index in [1.807, 2.05) is 29.2 Å². The molecule has 8 heteroatoms. The second-order valence-corrected chi connectivity index (χ2v) is 7.06. The average molecular weight is 349 g/mol. The predicted molar refractivity (Wildman–Crippen MR) is 93.3 cm³/mol. The third-order valence-corrected chi connectivity index (χ3v) is 5.10. The first kappa shape index (κ1) is 15.2. The molecule has 8 nitrogen and oxygen atoms in total. The number of H-pyrrole nitrogens is 1. The van der Waals surface area contributed by atoms with Crippen LogP contribution in [0.25, 0.3) is 11.4 Å². The lowest BCUT2D eigenvalue weighted by Gasteiger charge is -2.32. The van der Waals surface area contributed by atoms with Crippen LogP contribution in [0.4, 0.5) is 0 Å². The molecule has 1 N–H and O–H groups in total. The van der Waals surface area contributed by atoms with Gasteiger partial charge >= 0.3 is 0 Å². The van der Waals surface area contributed by atoms with Crippen molar-refractivity contribution in [3.63, 3.8) is 0 Å². The van der Waals surface area contributed by atoms with Gasteiger partial charge in [-0.05, 0) is 31.9 Å². The summed E-state index contributed by atoms with van der Waals surface area (Å²) in [6.45, 7) is 3.31. The lowest BCUT2D eigenvalue weighted by atomic mass is 10.1. The molecule has 5 rings (SSSR count). The molecule has 0 bridgehead atoms. The van der Waals surface area contributed by atoms with Crippen molar-refractivity contribution in [1.82, 2.24) is 34.8 Å². The van der Waals surface area contributed by atoms with Crippen molar-refractivity contribution in [1.29, 1.82) is 0 Å². The van der Waals surface area contributed by atoms with E-state index in [1.165, 1.54) is 19.2 Å². The van der Waals surface area contributed by atoms with Gasteiger partial charge in [-0.1, -0.05) is 12.1 Å². The highest BCUT2D eigenvalue weighted by Gasteiger charge is 2.35. The van der Waals surface area contributed by atoms with Crippen molar-refractivity contribution in [2.45, 2.75) is 38.3 Å². The fourth-order valence-corrected chi connectivity index (χ4v) is 3.63. The van der Waals surface area contributed by atoms with E-state index < -0.39 is 0 Å². The van der Waals surface area contributed by atoms with Crippen molar-refractivity contribution in [3.05, 3.63) is 47.8 Å². The second kappa shape index (κ2) is 5.76. The molecular formula is C18H19N7O. The zero-order valence-corrected chi connectivity index (χ0v) is 14.5. The molecule has 3 heterocycles. The Balaban J connectivity index is 1.37. The Labute approximate surface area is 150 Å². The van der Waals surface area contributed by atoms with E-state index in [0.717, 1.165) is 17.2 Å². The van der Waals surface area contributed by atoms with E-state index >= 15 is 0 Å².